The number of nitro benzene ring substituents is 1. The molecule has 0 fully saturated rings. The molecule has 26 heavy (non-hydrogen) atoms. The number of carbonyl (C=O) groups excluding carboxylic acids is 1. The Morgan fingerprint density at radius 2 is 1.85 bits per heavy atom. The Morgan fingerprint density at radius 3 is 2.50 bits per heavy atom. The molecule has 1 N–H and O–H groups in total. The van der Waals surface area contributed by atoms with E-state index in [4.69, 9.17) is 16.1 Å². The lowest BCUT2D eigenvalue weighted by atomic mass is 10.2. The quantitative estimate of drug-likeness (QED) is 0.519. The number of halogens is 1. The summed E-state index contributed by atoms with van der Waals surface area (Å²) in [7, 11) is 0. The van der Waals surface area contributed by atoms with Gasteiger partial charge in [0.1, 0.15) is 0 Å². The number of nitro groups is 1. The van der Waals surface area contributed by atoms with Gasteiger partial charge in [-0.1, -0.05) is 16.8 Å². The molecule has 3 aromatic rings. The van der Waals surface area contributed by atoms with Crippen LogP contribution in [0.2, 0.25) is 5.02 Å². The summed E-state index contributed by atoms with van der Waals surface area (Å²) in [5.74, 6) is 0.506. The van der Waals surface area contributed by atoms with E-state index in [2.05, 4.69) is 15.5 Å². The van der Waals surface area contributed by atoms with Gasteiger partial charge in [-0.05, 0) is 36.4 Å². The highest BCUT2D eigenvalue weighted by Crippen LogP contribution is 2.19. The molecule has 0 aliphatic heterocycles. The van der Waals surface area contributed by atoms with Crippen molar-refractivity contribution in [2.24, 2.45) is 0 Å². The smallest absolute Gasteiger partial charge is 0.269 e. The molecule has 0 aliphatic rings. The van der Waals surface area contributed by atoms with Gasteiger partial charge in [0.25, 0.3) is 5.69 Å². The zero-order valence-corrected chi connectivity index (χ0v) is 14.1. The van der Waals surface area contributed by atoms with Crippen LogP contribution in [0.4, 0.5) is 11.4 Å². The van der Waals surface area contributed by atoms with Crippen molar-refractivity contribution in [1.29, 1.82) is 0 Å². The molecular formula is C17H13ClN4O4. The first-order valence-corrected chi connectivity index (χ1v) is 8.02. The molecule has 0 spiro atoms. The van der Waals surface area contributed by atoms with E-state index in [0.717, 1.165) is 5.56 Å². The average Bonchev–Trinajstić information content (AvgIpc) is 3.10. The Morgan fingerprint density at radius 1 is 1.15 bits per heavy atom. The van der Waals surface area contributed by atoms with Gasteiger partial charge in [-0.25, -0.2) is 0 Å². The minimum Gasteiger partial charge on any atom is -0.339 e. The third-order valence-corrected chi connectivity index (χ3v) is 3.75. The van der Waals surface area contributed by atoms with Crippen LogP contribution < -0.4 is 5.32 Å². The number of hydrogen-bond donors (Lipinski definition) is 1. The van der Waals surface area contributed by atoms with E-state index in [1.165, 1.54) is 24.3 Å². The Balaban J connectivity index is 1.54. The topological polar surface area (TPSA) is 111 Å². The van der Waals surface area contributed by atoms with E-state index < -0.39 is 4.92 Å². The Hall–Kier alpha value is -3.26. The second-order valence-corrected chi connectivity index (χ2v) is 5.81. The van der Waals surface area contributed by atoms with Gasteiger partial charge in [-0.15, -0.1) is 0 Å². The fraction of sp³-hybridized carbons (Fsp3) is 0.118. The lowest BCUT2D eigenvalue weighted by Gasteiger charge is -2.03. The van der Waals surface area contributed by atoms with Crippen LogP contribution in [-0.4, -0.2) is 21.0 Å². The normalized spacial score (nSPS) is 10.5. The molecule has 0 radical (unpaired) electrons. The van der Waals surface area contributed by atoms with Crippen molar-refractivity contribution in [1.82, 2.24) is 10.1 Å². The van der Waals surface area contributed by atoms with Gasteiger partial charge in [0.05, 0.1) is 4.92 Å². The van der Waals surface area contributed by atoms with E-state index in [0.29, 0.717) is 22.4 Å². The van der Waals surface area contributed by atoms with E-state index in [9.17, 15) is 14.9 Å². The molecule has 0 bridgehead atoms. The van der Waals surface area contributed by atoms with Gasteiger partial charge in [0.15, 0.2) is 0 Å². The third kappa shape index (κ3) is 4.42. The summed E-state index contributed by atoms with van der Waals surface area (Å²) in [5.41, 5.74) is 1.20. The zero-order valence-electron chi connectivity index (χ0n) is 13.4. The summed E-state index contributed by atoms with van der Waals surface area (Å²) < 4.78 is 5.14. The van der Waals surface area contributed by atoms with Crippen molar-refractivity contribution in [3.63, 3.8) is 0 Å². The lowest BCUT2D eigenvalue weighted by Crippen LogP contribution is -2.12. The van der Waals surface area contributed by atoms with Crippen molar-refractivity contribution >= 4 is 28.9 Å². The maximum absolute atomic E-state index is 12.0. The van der Waals surface area contributed by atoms with Crippen LogP contribution >= 0.6 is 11.6 Å². The van der Waals surface area contributed by atoms with Gasteiger partial charge in [-0.2, -0.15) is 4.98 Å². The van der Waals surface area contributed by atoms with Gasteiger partial charge < -0.3 is 9.84 Å². The monoisotopic (exact) mass is 372 g/mol. The van der Waals surface area contributed by atoms with Crippen molar-refractivity contribution < 1.29 is 14.2 Å². The standard InChI is InChI=1S/C17H13ClN4O4/c18-12-3-1-11(2-4-12)17-20-16(26-21-17)10-9-15(23)19-13-5-7-14(8-6-13)22(24)25/h1-8H,9-10H2,(H,19,23). The number of anilines is 1. The van der Waals surface area contributed by atoms with Crippen LogP contribution in [-0.2, 0) is 11.2 Å². The summed E-state index contributed by atoms with van der Waals surface area (Å²) in [6.45, 7) is 0. The largest absolute Gasteiger partial charge is 0.339 e. The predicted octanol–water partition coefficient (Wildman–Crippen LogP) is 3.87. The second kappa shape index (κ2) is 7.75. The van der Waals surface area contributed by atoms with Gasteiger partial charge >= 0.3 is 0 Å². The van der Waals surface area contributed by atoms with Crippen molar-refractivity contribution in [2.75, 3.05) is 5.32 Å². The van der Waals surface area contributed by atoms with Gasteiger partial charge in [0.2, 0.25) is 17.6 Å². The molecule has 3 rings (SSSR count). The van der Waals surface area contributed by atoms with E-state index in [1.807, 2.05) is 0 Å². The molecular weight excluding hydrogens is 360 g/mol. The molecule has 0 atom stereocenters. The van der Waals surface area contributed by atoms with E-state index in [-0.39, 0.29) is 24.4 Å². The molecule has 0 unspecified atom stereocenters. The fourth-order valence-corrected chi connectivity index (χ4v) is 2.31. The minimum atomic E-state index is -0.501. The molecule has 9 heteroatoms. The molecule has 2 aromatic carbocycles. The van der Waals surface area contributed by atoms with Crippen LogP contribution in [0.5, 0.6) is 0 Å². The number of amides is 1. The van der Waals surface area contributed by atoms with Crippen LogP contribution in [0.1, 0.15) is 12.3 Å². The van der Waals surface area contributed by atoms with Crippen LogP contribution in [0.25, 0.3) is 11.4 Å². The summed E-state index contributed by atoms with van der Waals surface area (Å²) in [6.07, 6.45) is 0.415. The third-order valence-electron chi connectivity index (χ3n) is 3.50. The van der Waals surface area contributed by atoms with Crippen LogP contribution in [0.3, 0.4) is 0 Å². The number of nitrogens with zero attached hydrogens (tertiary/aromatic N) is 3. The van der Waals surface area contributed by atoms with Gasteiger partial charge in [0, 0.05) is 41.2 Å². The maximum Gasteiger partial charge on any atom is 0.269 e. The number of aryl methyl sites for hydroxylation is 1. The number of carbonyl (C=O) groups is 1. The number of aromatic nitrogens is 2. The highest BCUT2D eigenvalue weighted by molar-refractivity contribution is 6.30. The summed E-state index contributed by atoms with van der Waals surface area (Å²) in [5, 5.41) is 17.8. The number of rotatable bonds is 6. The Bertz CT molecular complexity index is 923. The van der Waals surface area contributed by atoms with Crippen molar-refractivity contribution in [3.8, 4) is 11.4 Å². The highest BCUT2D eigenvalue weighted by Gasteiger charge is 2.11. The second-order valence-electron chi connectivity index (χ2n) is 5.37. The number of non-ortho nitro benzene ring substituents is 1. The average molecular weight is 373 g/mol. The number of nitrogens with one attached hydrogen (secondary N) is 1. The fourth-order valence-electron chi connectivity index (χ4n) is 2.18. The first-order chi connectivity index (χ1) is 12.5. The molecule has 8 nitrogen and oxygen atoms in total. The SMILES string of the molecule is O=C(CCc1nc(-c2ccc(Cl)cc2)no1)Nc1ccc([N+](=O)[O-])cc1. The first-order valence-electron chi connectivity index (χ1n) is 7.64. The number of hydrogen-bond acceptors (Lipinski definition) is 6. The molecule has 0 aliphatic carbocycles. The predicted molar refractivity (Wildman–Crippen MR) is 94.8 cm³/mol. The zero-order chi connectivity index (χ0) is 18.5. The van der Waals surface area contributed by atoms with Gasteiger partial charge in [-0.3, -0.25) is 14.9 Å². The maximum atomic E-state index is 12.0. The van der Waals surface area contributed by atoms with Crippen LogP contribution in [0.15, 0.2) is 53.1 Å². The lowest BCUT2D eigenvalue weighted by molar-refractivity contribution is -0.384. The highest BCUT2D eigenvalue weighted by atomic mass is 35.5. The number of benzene rings is 2. The van der Waals surface area contributed by atoms with E-state index in [1.54, 1.807) is 24.3 Å². The Labute approximate surface area is 152 Å². The Kier molecular flexibility index (Phi) is 5.23. The molecule has 132 valence electrons. The van der Waals surface area contributed by atoms with E-state index >= 15 is 0 Å². The molecule has 1 heterocycles. The molecule has 0 saturated carbocycles. The van der Waals surface area contributed by atoms with Crippen molar-refractivity contribution in [3.05, 3.63) is 69.6 Å². The summed E-state index contributed by atoms with van der Waals surface area (Å²) in [6, 6.07) is 12.6. The minimum absolute atomic E-state index is 0.0383. The molecule has 0 saturated heterocycles. The van der Waals surface area contributed by atoms with Crippen LogP contribution in [0, 0.1) is 10.1 Å². The first kappa shape index (κ1) is 17.6. The van der Waals surface area contributed by atoms with Crippen molar-refractivity contribution in [2.45, 2.75) is 12.8 Å². The summed E-state index contributed by atoms with van der Waals surface area (Å²) >= 11 is 5.84. The summed E-state index contributed by atoms with van der Waals surface area (Å²) in [4.78, 5) is 26.3. The molecule has 1 amide bonds. The molecule has 1 aromatic heterocycles.